The Labute approximate surface area is 160 Å². The van der Waals surface area contributed by atoms with Gasteiger partial charge in [0.25, 0.3) is 0 Å². The zero-order chi connectivity index (χ0) is 18.6. The van der Waals surface area contributed by atoms with Gasteiger partial charge in [-0.25, -0.2) is 10.4 Å². The summed E-state index contributed by atoms with van der Waals surface area (Å²) in [7, 11) is 2.13. The summed E-state index contributed by atoms with van der Waals surface area (Å²) >= 11 is 0. The van der Waals surface area contributed by atoms with E-state index in [9.17, 15) is 0 Å². The summed E-state index contributed by atoms with van der Waals surface area (Å²) in [5.74, 6) is 1.58. The van der Waals surface area contributed by atoms with Gasteiger partial charge >= 0.3 is 0 Å². The molecule has 2 aromatic rings. The number of likely N-dealkylation sites (N-methyl/N-ethyl adjacent to an activating group) is 1. The van der Waals surface area contributed by atoms with Gasteiger partial charge in [0, 0.05) is 38.1 Å². The third-order valence-corrected chi connectivity index (χ3v) is 5.56. The fourth-order valence-corrected chi connectivity index (χ4v) is 4.15. The average molecular weight is 365 g/mol. The van der Waals surface area contributed by atoms with E-state index in [0.29, 0.717) is 18.0 Å². The highest BCUT2D eigenvalue weighted by molar-refractivity contribution is 5.79. The number of hydrogen-bond acceptors (Lipinski definition) is 7. The molecule has 1 aliphatic heterocycles. The fourth-order valence-electron chi connectivity index (χ4n) is 4.15. The lowest BCUT2D eigenvalue weighted by Gasteiger charge is -2.45. The van der Waals surface area contributed by atoms with E-state index in [4.69, 9.17) is 4.98 Å². The van der Waals surface area contributed by atoms with Crippen molar-refractivity contribution >= 4 is 23.7 Å². The van der Waals surface area contributed by atoms with Crippen LogP contribution in [-0.4, -0.2) is 46.8 Å². The first-order valence-electron chi connectivity index (χ1n) is 9.82. The van der Waals surface area contributed by atoms with Crippen LogP contribution in [0.1, 0.15) is 44.6 Å². The summed E-state index contributed by atoms with van der Waals surface area (Å²) in [6.07, 6.45) is 13.4. The van der Waals surface area contributed by atoms with Crippen LogP contribution in [0.4, 0.5) is 17.5 Å². The maximum atomic E-state index is 4.86. The number of anilines is 3. The maximum Gasteiger partial charge on any atom is 0.245 e. The minimum Gasteiger partial charge on any atom is -0.368 e. The molecule has 0 radical (unpaired) electrons. The Morgan fingerprint density at radius 1 is 1.26 bits per heavy atom. The average Bonchev–Trinajstić information content (AvgIpc) is 3.23. The first kappa shape index (κ1) is 17.7. The molecule has 0 amide bonds. The highest BCUT2D eigenvalue weighted by Crippen LogP contribution is 2.39. The van der Waals surface area contributed by atoms with Crippen molar-refractivity contribution < 1.29 is 0 Å². The maximum absolute atomic E-state index is 4.86. The minimum atomic E-state index is 0.494. The van der Waals surface area contributed by atoms with E-state index in [0.717, 1.165) is 30.0 Å². The molecule has 2 aliphatic rings. The molecule has 1 fully saturated rings. The Kier molecular flexibility index (Phi) is 5.18. The molecule has 2 aromatic heterocycles. The second-order valence-electron chi connectivity index (χ2n) is 7.34. The van der Waals surface area contributed by atoms with Gasteiger partial charge in [0.05, 0.1) is 18.1 Å². The number of nitrogens with zero attached hydrogens (tertiary/aromatic N) is 6. The van der Waals surface area contributed by atoms with E-state index in [1.54, 1.807) is 18.6 Å². The van der Waals surface area contributed by atoms with Gasteiger partial charge in [-0.15, -0.1) is 0 Å². The van der Waals surface area contributed by atoms with Gasteiger partial charge in [-0.1, -0.05) is 19.8 Å². The van der Waals surface area contributed by atoms with Crippen molar-refractivity contribution in [2.45, 2.75) is 51.1 Å². The SMILES string of the molecule is CCC1CN(C)c2cnc(N/N=C/c3ccncc3)nc2N1C1CCCC1. The fraction of sp³-hybridized carbons (Fsp3) is 0.500. The van der Waals surface area contributed by atoms with Crippen molar-refractivity contribution in [1.29, 1.82) is 0 Å². The Morgan fingerprint density at radius 2 is 2.04 bits per heavy atom. The standard InChI is InChI=1S/C20H27N7/c1-3-16-14-26(2)18-13-22-20(25-23-12-15-8-10-21-11-9-15)24-19(18)27(16)17-6-4-5-7-17/h8-13,16-17H,3-7,14H2,1-2H3,(H,22,24,25)/b23-12+. The molecule has 0 bridgehead atoms. The van der Waals surface area contributed by atoms with Crippen molar-refractivity contribution in [3.8, 4) is 0 Å². The summed E-state index contributed by atoms with van der Waals surface area (Å²) in [6.45, 7) is 3.29. The molecule has 7 nitrogen and oxygen atoms in total. The predicted octanol–water partition coefficient (Wildman–Crippen LogP) is 3.30. The largest absolute Gasteiger partial charge is 0.368 e. The van der Waals surface area contributed by atoms with Gasteiger partial charge in [-0.05, 0) is 37.0 Å². The highest BCUT2D eigenvalue weighted by Gasteiger charge is 2.35. The second-order valence-corrected chi connectivity index (χ2v) is 7.34. The lowest BCUT2D eigenvalue weighted by Crippen LogP contribution is -2.52. The number of hydrazone groups is 1. The Morgan fingerprint density at radius 3 is 2.78 bits per heavy atom. The van der Waals surface area contributed by atoms with Crippen molar-refractivity contribution in [3.05, 3.63) is 36.3 Å². The molecule has 0 saturated heterocycles. The van der Waals surface area contributed by atoms with Crippen LogP contribution >= 0.6 is 0 Å². The van der Waals surface area contributed by atoms with Crippen LogP contribution in [0.3, 0.4) is 0 Å². The van der Waals surface area contributed by atoms with E-state index in [1.807, 2.05) is 18.3 Å². The van der Waals surface area contributed by atoms with Crippen molar-refractivity contribution in [2.24, 2.45) is 5.10 Å². The number of hydrogen-bond donors (Lipinski definition) is 1. The van der Waals surface area contributed by atoms with Crippen LogP contribution in [0.2, 0.25) is 0 Å². The summed E-state index contributed by atoms with van der Waals surface area (Å²) in [4.78, 5) is 18.2. The molecule has 27 heavy (non-hydrogen) atoms. The number of pyridine rings is 1. The number of rotatable bonds is 5. The monoisotopic (exact) mass is 365 g/mol. The molecule has 1 unspecified atom stereocenters. The molecule has 1 saturated carbocycles. The van der Waals surface area contributed by atoms with Crippen LogP contribution < -0.4 is 15.2 Å². The van der Waals surface area contributed by atoms with Gasteiger partial charge in [-0.2, -0.15) is 10.1 Å². The first-order chi connectivity index (χ1) is 13.3. The zero-order valence-corrected chi connectivity index (χ0v) is 16.0. The smallest absolute Gasteiger partial charge is 0.245 e. The van der Waals surface area contributed by atoms with Gasteiger partial charge in [0.1, 0.15) is 0 Å². The molecule has 1 aliphatic carbocycles. The molecule has 0 spiro atoms. The van der Waals surface area contributed by atoms with Gasteiger partial charge in [0.15, 0.2) is 5.82 Å². The van der Waals surface area contributed by atoms with E-state index < -0.39 is 0 Å². The lowest BCUT2D eigenvalue weighted by atomic mass is 10.0. The van der Waals surface area contributed by atoms with E-state index in [-0.39, 0.29) is 0 Å². The van der Waals surface area contributed by atoms with Crippen LogP contribution in [0.25, 0.3) is 0 Å². The quantitative estimate of drug-likeness (QED) is 0.648. The van der Waals surface area contributed by atoms with Crippen LogP contribution in [-0.2, 0) is 0 Å². The summed E-state index contributed by atoms with van der Waals surface area (Å²) in [6, 6.07) is 4.89. The minimum absolute atomic E-state index is 0.494. The van der Waals surface area contributed by atoms with Crippen LogP contribution in [0, 0.1) is 0 Å². The van der Waals surface area contributed by atoms with Gasteiger partial charge in [0.2, 0.25) is 5.95 Å². The molecule has 4 rings (SSSR count). The Balaban J connectivity index is 1.59. The third kappa shape index (κ3) is 3.72. The topological polar surface area (TPSA) is 69.5 Å². The molecule has 3 heterocycles. The molecule has 7 heteroatoms. The number of nitrogens with one attached hydrogen (secondary N) is 1. The van der Waals surface area contributed by atoms with Crippen LogP contribution in [0.5, 0.6) is 0 Å². The van der Waals surface area contributed by atoms with Gasteiger partial charge in [-0.3, -0.25) is 4.98 Å². The third-order valence-electron chi connectivity index (χ3n) is 5.56. The Bertz CT molecular complexity index is 786. The van der Waals surface area contributed by atoms with Crippen molar-refractivity contribution in [2.75, 3.05) is 28.8 Å². The molecule has 1 N–H and O–H groups in total. The molecule has 142 valence electrons. The van der Waals surface area contributed by atoms with Gasteiger partial charge < -0.3 is 9.80 Å². The normalized spacial score (nSPS) is 20.3. The summed E-state index contributed by atoms with van der Waals surface area (Å²) in [5, 5.41) is 4.28. The summed E-state index contributed by atoms with van der Waals surface area (Å²) in [5.41, 5.74) is 5.07. The van der Waals surface area contributed by atoms with E-state index >= 15 is 0 Å². The second kappa shape index (κ2) is 7.90. The van der Waals surface area contributed by atoms with Crippen molar-refractivity contribution in [3.63, 3.8) is 0 Å². The van der Waals surface area contributed by atoms with Crippen LogP contribution in [0.15, 0.2) is 35.8 Å². The highest BCUT2D eigenvalue weighted by atomic mass is 15.4. The predicted molar refractivity (Wildman–Crippen MR) is 110 cm³/mol. The molecular formula is C20H27N7. The first-order valence-corrected chi connectivity index (χ1v) is 9.82. The molecule has 0 aromatic carbocycles. The molecule has 1 atom stereocenters. The summed E-state index contributed by atoms with van der Waals surface area (Å²) < 4.78 is 0. The number of fused-ring (bicyclic) bond motifs is 1. The van der Waals surface area contributed by atoms with E-state index in [1.165, 1.54) is 25.7 Å². The van der Waals surface area contributed by atoms with Crippen molar-refractivity contribution in [1.82, 2.24) is 15.0 Å². The van der Waals surface area contributed by atoms with E-state index in [2.05, 4.69) is 44.3 Å². The lowest BCUT2D eigenvalue weighted by molar-refractivity contribution is 0.476. The Hall–Kier alpha value is -2.70. The number of aromatic nitrogens is 3. The zero-order valence-electron chi connectivity index (χ0n) is 16.0. The molecular weight excluding hydrogens is 338 g/mol.